The normalized spacial score (nSPS) is 11.5. The zero-order valence-corrected chi connectivity index (χ0v) is 26.2. The molecule has 226 valence electrons. The molecular formula is C30H30ClN3O7S2. The van der Waals surface area contributed by atoms with Crippen molar-refractivity contribution in [2.75, 3.05) is 35.1 Å². The van der Waals surface area contributed by atoms with Crippen LogP contribution in [0.3, 0.4) is 0 Å². The van der Waals surface area contributed by atoms with Crippen molar-refractivity contribution in [2.45, 2.75) is 23.6 Å². The number of methoxy groups -OCH3 is 2. The summed E-state index contributed by atoms with van der Waals surface area (Å²) >= 11 is 6.10. The molecule has 0 saturated heterocycles. The number of nitrogens with one attached hydrogen (secondary N) is 2. The van der Waals surface area contributed by atoms with E-state index in [1.165, 1.54) is 62.8 Å². The molecule has 4 aromatic carbocycles. The highest BCUT2D eigenvalue weighted by atomic mass is 35.5. The maximum atomic E-state index is 13.8. The average Bonchev–Trinajstić information content (AvgIpc) is 2.98. The van der Waals surface area contributed by atoms with E-state index >= 15 is 0 Å². The molecule has 4 rings (SSSR count). The Balaban J connectivity index is 1.59. The highest BCUT2D eigenvalue weighted by Gasteiger charge is 2.30. The Bertz CT molecular complexity index is 1850. The maximum absolute atomic E-state index is 13.8. The van der Waals surface area contributed by atoms with Gasteiger partial charge in [0.1, 0.15) is 18.0 Å². The van der Waals surface area contributed by atoms with Crippen LogP contribution < -0.4 is 23.8 Å². The van der Waals surface area contributed by atoms with Gasteiger partial charge in [-0.15, -0.1) is 0 Å². The van der Waals surface area contributed by atoms with Crippen LogP contribution in [0, 0.1) is 13.8 Å². The second-order valence-corrected chi connectivity index (χ2v) is 13.4. The molecule has 10 nitrogen and oxygen atoms in total. The fraction of sp³-hybridized carbons (Fsp3) is 0.167. The van der Waals surface area contributed by atoms with Crippen molar-refractivity contribution in [3.63, 3.8) is 0 Å². The summed E-state index contributed by atoms with van der Waals surface area (Å²) in [7, 11) is -5.32. The first kappa shape index (κ1) is 31.7. The highest BCUT2D eigenvalue weighted by Crippen LogP contribution is 2.35. The lowest BCUT2D eigenvalue weighted by molar-refractivity contribution is -0.114. The van der Waals surface area contributed by atoms with Crippen molar-refractivity contribution in [3.05, 3.63) is 101 Å². The van der Waals surface area contributed by atoms with Gasteiger partial charge >= 0.3 is 0 Å². The number of ether oxygens (including phenoxy) is 2. The molecule has 0 radical (unpaired) electrons. The smallest absolute Gasteiger partial charge is 0.264 e. The first-order chi connectivity index (χ1) is 20.3. The number of carbonyl (C=O) groups is 1. The average molecular weight is 644 g/mol. The third kappa shape index (κ3) is 7.22. The van der Waals surface area contributed by atoms with Gasteiger partial charge in [0.2, 0.25) is 5.91 Å². The molecule has 0 atom stereocenters. The van der Waals surface area contributed by atoms with Crippen molar-refractivity contribution < 1.29 is 31.1 Å². The zero-order valence-electron chi connectivity index (χ0n) is 23.8. The van der Waals surface area contributed by atoms with E-state index < -0.39 is 32.5 Å². The molecule has 0 bridgehead atoms. The van der Waals surface area contributed by atoms with Gasteiger partial charge in [0.25, 0.3) is 20.0 Å². The summed E-state index contributed by atoms with van der Waals surface area (Å²) in [4.78, 5) is 13.2. The van der Waals surface area contributed by atoms with Crippen LogP contribution in [-0.4, -0.2) is 43.5 Å². The molecule has 0 saturated carbocycles. The molecule has 43 heavy (non-hydrogen) atoms. The van der Waals surface area contributed by atoms with Crippen LogP contribution in [-0.2, 0) is 24.8 Å². The first-order valence-electron chi connectivity index (χ1n) is 12.8. The lowest BCUT2D eigenvalue weighted by Gasteiger charge is -2.26. The van der Waals surface area contributed by atoms with Crippen LogP contribution in [0.25, 0.3) is 0 Å². The zero-order chi connectivity index (χ0) is 31.4. The molecule has 4 aromatic rings. The monoisotopic (exact) mass is 643 g/mol. The van der Waals surface area contributed by atoms with Gasteiger partial charge in [0, 0.05) is 16.8 Å². The Labute approximate surface area is 256 Å². The summed E-state index contributed by atoms with van der Waals surface area (Å²) < 4.78 is 67.6. The molecule has 0 heterocycles. The van der Waals surface area contributed by atoms with Crippen molar-refractivity contribution >= 4 is 54.6 Å². The molecule has 0 aliphatic carbocycles. The predicted octanol–water partition coefficient (Wildman–Crippen LogP) is 5.61. The summed E-state index contributed by atoms with van der Waals surface area (Å²) in [6.07, 6.45) is 0. The summed E-state index contributed by atoms with van der Waals surface area (Å²) in [5.41, 5.74) is 2.18. The van der Waals surface area contributed by atoms with Gasteiger partial charge in [-0.05, 0) is 80.1 Å². The van der Waals surface area contributed by atoms with Gasteiger partial charge in [-0.1, -0.05) is 35.4 Å². The van der Waals surface area contributed by atoms with E-state index in [-0.39, 0.29) is 26.9 Å². The molecular weight excluding hydrogens is 614 g/mol. The summed E-state index contributed by atoms with van der Waals surface area (Å²) in [6, 6.07) is 21.2. The van der Waals surface area contributed by atoms with E-state index in [4.69, 9.17) is 21.1 Å². The third-order valence-electron chi connectivity index (χ3n) is 6.51. The molecule has 2 N–H and O–H groups in total. The number of hydrogen-bond acceptors (Lipinski definition) is 7. The van der Waals surface area contributed by atoms with Crippen LogP contribution in [0.2, 0.25) is 5.02 Å². The number of carbonyl (C=O) groups excluding carboxylic acids is 1. The van der Waals surface area contributed by atoms with Gasteiger partial charge < -0.3 is 14.8 Å². The lowest BCUT2D eigenvalue weighted by Crippen LogP contribution is -2.38. The quantitative estimate of drug-likeness (QED) is 0.217. The number of amides is 1. The summed E-state index contributed by atoms with van der Waals surface area (Å²) in [5.74, 6) is -0.0514. The highest BCUT2D eigenvalue weighted by molar-refractivity contribution is 7.93. The van der Waals surface area contributed by atoms with Crippen molar-refractivity contribution in [2.24, 2.45) is 0 Å². The second-order valence-electron chi connectivity index (χ2n) is 9.45. The molecule has 1 amide bonds. The Morgan fingerprint density at radius 1 is 0.837 bits per heavy atom. The number of sulfonamides is 2. The fourth-order valence-corrected chi connectivity index (χ4v) is 6.83. The van der Waals surface area contributed by atoms with Crippen LogP contribution in [0.4, 0.5) is 17.1 Å². The Morgan fingerprint density at radius 3 is 2.12 bits per heavy atom. The number of benzene rings is 4. The number of nitrogens with zero attached hydrogens (tertiary/aromatic N) is 1. The van der Waals surface area contributed by atoms with E-state index in [1.807, 2.05) is 6.92 Å². The number of hydrogen-bond donors (Lipinski definition) is 2. The van der Waals surface area contributed by atoms with Gasteiger partial charge in [0.15, 0.2) is 0 Å². The van der Waals surface area contributed by atoms with E-state index in [2.05, 4.69) is 10.0 Å². The van der Waals surface area contributed by atoms with Crippen LogP contribution >= 0.6 is 11.6 Å². The minimum atomic E-state index is -4.22. The molecule has 13 heteroatoms. The van der Waals surface area contributed by atoms with Crippen molar-refractivity contribution in [3.8, 4) is 11.5 Å². The van der Waals surface area contributed by atoms with E-state index in [9.17, 15) is 21.6 Å². The van der Waals surface area contributed by atoms with Gasteiger partial charge in [0.05, 0.1) is 35.4 Å². The summed E-state index contributed by atoms with van der Waals surface area (Å²) in [5, 5.41) is 3.06. The van der Waals surface area contributed by atoms with E-state index in [1.54, 1.807) is 43.3 Å². The Morgan fingerprint density at radius 2 is 1.49 bits per heavy atom. The van der Waals surface area contributed by atoms with Crippen LogP contribution in [0.5, 0.6) is 11.5 Å². The van der Waals surface area contributed by atoms with Gasteiger partial charge in [-0.2, -0.15) is 0 Å². The largest absolute Gasteiger partial charge is 0.497 e. The van der Waals surface area contributed by atoms with Gasteiger partial charge in [-0.25, -0.2) is 16.8 Å². The second kappa shape index (κ2) is 12.9. The molecule has 0 aromatic heterocycles. The van der Waals surface area contributed by atoms with E-state index in [0.717, 1.165) is 9.87 Å². The van der Waals surface area contributed by atoms with E-state index in [0.29, 0.717) is 22.0 Å². The molecule has 0 aliphatic heterocycles. The predicted molar refractivity (Wildman–Crippen MR) is 167 cm³/mol. The minimum Gasteiger partial charge on any atom is -0.497 e. The summed E-state index contributed by atoms with van der Waals surface area (Å²) in [6.45, 7) is 2.93. The number of halogens is 1. The number of aryl methyl sites for hydroxylation is 1. The lowest BCUT2D eigenvalue weighted by atomic mass is 10.2. The SMILES string of the molecule is COc1ccc(N(CC(=O)Nc2ccc(S(=O)(=O)Nc3cccc(Cl)c3C)cc2)S(=O)(=O)c2ccc(C)cc2)c(OC)c1. The molecule has 0 spiro atoms. The Hall–Kier alpha value is -4.26. The third-order valence-corrected chi connectivity index (χ3v) is 10.1. The van der Waals surface area contributed by atoms with Crippen molar-refractivity contribution in [1.82, 2.24) is 0 Å². The number of rotatable bonds is 11. The Kier molecular flexibility index (Phi) is 9.53. The maximum Gasteiger partial charge on any atom is 0.264 e. The van der Waals surface area contributed by atoms with Gasteiger partial charge in [-0.3, -0.25) is 13.8 Å². The number of anilines is 3. The van der Waals surface area contributed by atoms with Crippen LogP contribution in [0.1, 0.15) is 11.1 Å². The first-order valence-corrected chi connectivity index (χ1v) is 16.1. The minimum absolute atomic E-state index is 0.0132. The van der Waals surface area contributed by atoms with Crippen molar-refractivity contribution in [1.29, 1.82) is 0 Å². The molecule has 0 unspecified atom stereocenters. The molecule has 0 fully saturated rings. The van der Waals surface area contributed by atoms with Crippen LogP contribution in [0.15, 0.2) is 94.7 Å². The molecule has 0 aliphatic rings. The topological polar surface area (TPSA) is 131 Å². The standard InChI is InChI=1S/C30H30ClN3O7S2/c1-20-8-13-25(14-9-20)43(38,39)34(28-17-12-23(40-3)18-29(28)41-4)19-30(35)32-22-10-15-24(16-11-22)42(36,37)33-27-7-5-6-26(31)21(27)2/h5-18,33H,19H2,1-4H3,(H,32,35). The fourth-order valence-electron chi connectivity index (χ4n) is 4.10.